The van der Waals surface area contributed by atoms with Crippen molar-refractivity contribution < 1.29 is 9.47 Å². The molecule has 0 radical (unpaired) electrons. The van der Waals surface area contributed by atoms with Gasteiger partial charge in [-0.05, 0) is 50.6 Å². The Morgan fingerprint density at radius 1 is 1.21 bits per heavy atom. The van der Waals surface area contributed by atoms with E-state index in [4.69, 9.17) is 9.47 Å². The van der Waals surface area contributed by atoms with Crippen LogP contribution in [0.5, 0.6) is 5.75 Å². The Morgan fingerprint density at radius 3 is 2.63 bits per heavy atom. The molecule has 0 heterocycles. The van der Waals surface area contributed by atoms with Crippen LogP contribution in [0.3, 0.4) is 0 Å². The van der Waals surface area contributed by atoms with E-state index in [2.05, 4.69) is 38.2 Å². The van der Waals surface area contributed by atoms with Crippen molar-refractivity contribution in [2.75, 3.05) is 13.2 Å². The van der Waals surface area contributed by atoms with Gasteiger partial charge in [-0.15, -0.1) is 0 Å². The molecular weight excluding hydrogens is 238 g/mol. The molecule has 106 valence electrons. The maximum Gasteiger partial charge on any atom is 0.128 e. The first-order valence-corrected chi connectivity index (χ1v) is 7.24. The minimum Gasteiger partial charge on any atom is -0.488 e. The number of benzene rings is 1. The molecule has 3 unspecified atom stereocenters. The highest BCUT2D eigenvalue weighted by Gasteiger charge is 2.43. The number of aryl methyl sites for hydroxylation is 2. The summed E-state index contributed by atoms with van der Waals surface area (Å²) in [5, 5.41) is 3.45. The van der Waals surface area contributed by atoms with E-state index in [0.29, 0.717) is 6.04 Å². The molecule has 1 aliphatic carbocycles. The molecule has 3 atom stereocenters. The lowest BCUT2D eigenvalue weighted by Crippen LogP contribution is -2.61. The first kappa shape index (κ1) is 14.4. The summed E-state index contributed by atoms with van der Waals surface area (Å²) in [6.07, 6.45) is 1.36. The summed E-state index contributed by atoms with van der Waals surface area (Å²) in [4.78, 5) is 0. The number of nitrogens with one attached hydrogen (secondary N) is 1. The van der Waals surface area contributed by atoms with Crippen LogP contribution in [0.1, 0.15) is 31.4 Å². The number of hydrogen-bond acceptors (Lipinski definition) is 3. The number of ether oxygens (including phenoxy) is 2. The molecule has 1 saturated carbocycles. The molecule has 0 spiro atoms. The highest BCUT2D eigenvalue weighted by Crippen LogP contribution is 2.29. The first-order valence-electron chi connectivity index (χ1n) is 7.24. The van der Waals surface area contributed by atoms with Crippen LogP contribution in [-0.2, 0) is 4.74 Å². The molecule has 0 bridgehead atoms. The van der Waals surface area contributed by atoms with Crippen molar-refractivity contribution in [2.45, 2.75) is 52.4 Å². The molecular formula is C16H25NO2. The van der Waals surface area contributed by atoms with E-state index in [9.17, 15) is 0 Å². The number of likely N-dealkylation sites (N-methyl/N-ethyl adjacent to an activating group) is 1. The Balaban J connectivity index is 1.96. The third-order valence-electron chi connectivity index (χ3n) is 3.84. The Hall–Kier alpha value is -1.06. The van der Waals surface area contributed by atoms with E-state index in [-0.39, 0.29) is 12.2 Å². The van der Waals surface area contributed by atoms with Crippen LogP contribution in [0.15, 0.2) is 18.2 Å². The largest absolute Gasteiger partial charge is 0.488 e. The molecule has 0 amide bonds. The summed E-state index contributed by atoms with van der Waals surface area (Å²) < 4.78 is 11.9. The summed E-state index contributed by atoms with van der Waals surface area (Å²) in [5.41, 5.74) is 2.57. The Labute approximate surface area is 116 Å². The van der Waals surface area contributed by atoms with Crippen molar-refractivity contribution in [1.29, 1.82) is 0 Å². The molecule has 1 aliphatic rings. The quantitative estimate of drug-likeness (QED) is 0.856. The molecule has 3 nitrogen and oxygen atoms in total. The van der Waals surface area contributed by atoms with Crippen LogP contribution in [-0.4, -0.2) is 31.4 Å². The summed E-state index contributed by atoms with van der Waals surface area (Å²) >= 11 is 0. The fraction of sp³-hybridized carbons (Fsp3) is 0.625. The topological polar surface area (TPSA) is 30.5 Å². The van der Waals surface area contributed by atoms with E-state index in [1.807, 2.05) is 13.0 Å². The highest BCUT2D eigenvalue weighted by molar-refractivity contribution is 5.34. The lowest BCUT2D eigenvalue weighted by molar-refractivity contribution is -0.104. The zero-order chi connectivity index (χ0) is 13.8. The van der Waals surface area contributed by atoms with Crippen molar-refractivity contribution in [3.8, 4) is 5.75 Å². The van der Waals surface area contributed by atoms with Crippen LogP contribution in [0.2, 0.25) is 0 Å². The molecule has 0 aromatic heterocycles. The monoisotopic (exact) mass is 263 g/mol. The second-order valence-electron chi connectivity index (χ2n) is 5.22. The van der Waals surface area contributed by atoms with E-state index in [0.717, 1.165) is 25.3 Å². The maximum atomic E-state index is 6.06. The molecule has 2 rings (SSSR count). The van der Waals surface area contributed by atoms with Crippen molar-refractivity contribution in [3.05, 3.63) is 29.3 Å². The van der Waals surface area contributed by atoms with Crippen molar-refractivity contribution >= 4 is 0 Å². The summed E-state index contributed by atoms with van der Waals surface area (Å²) in [6, 6.07) is 6.70. The van der Waals surface area contributed by atoms with Gasteiger partial charge in [-0.1, -0.05) is 13.0 Å². The lowest BCUT2D eigenvalue weighted by Gasteiger charge is -2.44. The molecule has 0 aliphatic heterocycles. The molecule has 1 aromatic carbocycles. The highest BCUT2D eigenvalue weighted by atomic mass is 16.5. The van der Waals surface area contributed by atoms with Gasteiger partial charge < -0.3 is 14.8 Å². The van der Waals surface area contributed by atoms with Gasteiger partial charge in [0.2, 0.25) is 0 Å². The van der Waals surface area contributed by atoms with Crippen LogP contribution in [0.4, 0.5) is 0 Å². The van der Waals surface area contributed by atoms with E-state index >= 15 is 0 Å². The average Bonchev–Trinajstić information content (AvgIpc) is 2.39. The third kappa shape index (κ3) is 3.28. The molecule has 0 saturated heterocycles. The average molecular weight is 263 g/mol. The maximum absolute atomic E-state index is 6.06. The second-order valence-corrected chi connectivity index (χ2v) is 5.22. The van der Waals surface area contributed by atoms with Gasteiger partial charge in [-0.2, -0.15) is 0 Å². The van der Waals surface area contributed by atoms with Crippen LogP contribution in [0, 0.1) is 13.8 Å². The zero-order valence-corrected chi connectivity index (χ0v) is 12.4. The van der Waals surface area contributed by atoms with E-state index < -0.39 is 0 Å². The Bertz CT molecular complexity index is 419. The zero-order valence-electron chi connectivity index (χ0n) is 12.4. The summed E-state index contributed by atoms with van der Waals surface area (Å²) in [5.74, 6) is 0.952. The third-order valence-corrected chi connectivity index (χ3v) is 3.84. The fourth-order valence-electron chi connectivity index (χ4n) is 2.54. The predicted octanol–water partition coefficient (Wildman–Crippen LogP) is 2.84. The molecule has 3 heteroatoms. The van der Waals surface area contributed by atoms with Gasteiger partial charge in [0.25, 0.3) is 0 Å². The van der Waals surface area contributed by atoms with Gasteiger partial charge >= 0.3 is 0 Å². The smallest absolute Gasteiger partial charge is 0.128 e. The van der Waals surface area contributed by atoms with Crippen LogP contribution >= 0.6 is 0 Å². The predicted molar refractivity (Wildman–Crippen MR) is 77.8 cm³/mol. The first-order chi connectivity index (χ1) is 9.15. The number of rotatable bonds is 6. The Morgan fingerprint density at radius 2 is 2.00 bits per heavy atom. The van der Waals surface area contributed by atoms with Gasteiger partial charge in [0.05, 0.1) is 0 Å². The number of hydrogen-bond donors (Lipinski definition) is 1. The molecule has 19 heavy (non-hydrogen) atoms. The Kier molecular flexibility index (Phi) is 4.83. The van der Waals surface area contributed by atoms with Gasteiger partial charge in [-0.3, -0.25) is 0 Å². The molecule has 1 aromatic rings. The lowest BCUT2D eigenvalue weighted by atomic mass is 9.85. The van der Waals surface area contributed by atoms with Crippen molar-refractivity contribution in [1.82, 2.24) is 5.32 Å². The van der Waals surface area contributed by atoms with E-state index in [1.165, 1.54) is 11.1 Å². The van der Waals surface area contributed by atoms with Gasteiger partial charge in [0, 0.05) is 19.1 Å². The van der Waals surface area contributed by atoms with Crippen LogP contribution in [0.25, 0.3) is 0 Å². The summed E-state index contributed by atoms with van der Waals surface area (Å²) in [6.45, 7) is 10.1. The van der Waals surface area contributed by atoms with Crippen molar-refractivity contribution in [2.24, 2.45) is 0 Å². The minimum atomic E-state index is 0.172. The standard InChI is InChI=1S/C16H25NO2/c1-5-17-14-10-15(16(14)18-6-2)19-13-8-7-11(3)12(4)9-13/h7-9,14-17H,5-6,10H2,1-4H3. The molecule has 1 fully saturated rings. The summed E-state index contributed by atoms with van der Waals surface area (Å²) in [7, 11) is 0. The van der Waals surface area contributed by atoms with Crippen molar-refractivity contribution in [3.63, 3.8) is 0 Å². The normalized spacial score (nSPS) is 26.0. The van der Waals surface area contributed by atoms with E-state index in [1.54, 1.807) is 0 Å². The molecule has 1 N–H and O–H groups in total. The fourth-order valence-corrected chi connectivity index (χ4v) is 2.54. The minimum absolute atomic E-state index is 0.172. The second kappa shape index (κ2) is 6.40. The van der Waals surface area contributed by atoms with Crippen LogP contribution < -0.4 is 10.1 Å². The van der Waals surface area contributed by atoms with Gasteiger partial charge in [0.15, 0.2) is 0 Å². The van der Waals surface area contributed by atoms with Gasteiger partial charge in [-0.25, -0.2) is 0 Å². The SMILES string of the molecule is CCNC1CC(Oc2ccc(C)c(C)c2)C1OCC. The van der Waals surface area contributed by atoms with Gasteiger partial charge in [0.1, 0.15) is 18.0 Å².